The number of carbonyl (C=O) groups is 3. The standard InChI is InChI=1S/C25H26N2O5/c28-23(27-17-7-5-6-16(14-17)24(29)30)12-13-26-25(31)32-15-22-20-10-3-1-8-18(20)19-9-2-4-11-21(19)22/h1-5,7-11,16-17,22H,6,12-15H2,(H,26,31)(H,27,28)(H,29,30). The quantitative estimate of drug-likeness (QED) is 0.579. The lowest BCUT2D eigenvalue weighted by molar-refractivity contribution is -0.142. The Kier molecular flexibility index (Phi) is 6.54. The summed E-state index contributed by atoms with van der Waals surface area (Å²) in [5.41, 5.74) is 4.61. The zero-order valence-corrected chi connectivity index (χ0v) is 17.6. The number of carboxylic acids is 1. The van der Waals surface area contributed by atoms with Crippen molar-refractivity contribution in [3.8, 4) is 11.1 Å². The van der Waals surface area contributed by atoms with Gasteiger partial charge in [-0.3, -0.25) is 9.59 Å². The lowest BCUT2D eigenvalue weighted by Crippen LogP contribution is -2.39. The number of allylic oxidation sites excluding steroid dienone is 1. The van der Waals surface area contributed by atoms with E-state index in [9.17, 15) is 14.4 Å². The lowest BCUT2D eigenvalue weighted by atomic mass is 9.91. The van der Waals surface area contributed by atoms with E-state index >= 15 is 0 Å². The van der Waals surface area contributed by atoms with Crippen LogP contribution in [0.25, 0.3) is 11.1 Å². The minimum absolute atomic E-state index is 0.0169. The van der Waals surface area contributed by atoms with Crippen LogP contribution < -0.4 is 10.6 Å². The van der Waals surface area contributed by atoms with Crippen molar-refractivity contribution >= 4 is 18.0 Å². The first-order valence-corrected chi connectivity index (χ1v) is 10.8. The number of hydrogen-bond donors (Lipinski definition) is 3. The molecule has 2 atom stereocenters. The zero-order chi connectivity index (χ0) is 22.5. The Labute approximate surface area is 186 Å². The van der Waals surface area contributed by atoms with Gasteiger partial charge in [0.2, 0.25) is 5.91 Å². The molecule has 166 valence electrons. The van der Waals surface area contributed by atoms with E-state index in [-0.39, 0.29) is 37.4 Å². The average molecular weight is 434 g/mol. The number of fused-ring (bicyclic) bond motifs is 3. The third kappa shape index (κ3) is 4.82. The Morgan fingerprint density at radius 2 is 1.66 bits per heavy atom. The van der Waals surface area contributed by atoms with E-state index in [1.165, 1.54) is 0 Å². The molecule has 2 unspecified atom stereocenters. The topological polar surface area (TPSA) is 105 Å². The number of carboxylic acid groups (broad SMARTS) is 1. The summed E-state index contributed by atoms with van der Waals surface area (Å²) in [6.45, 7) is 0.358. The van der Waals surface area contributed by atoms with E-state index in [1.54, 1.807) is 6.08 Å². The third-order valence-electron chi connectivity index (χ3n) is 5.99. The Morgan fingerprint density at radius 1 is 1.00 bits per heavy atom. The molecule has 0 saturated carbocycles. The minimum Gasteiger partial charge on any atom is -0.481 e. The number of rotatable bonds is 7. The van der Waals surface area contributed by atoms with Crippen LogP contribution in [-0.4, -0.2) is 42.3 Å². The zero-order valence-electron chi connectivity index (χ0n) is 17.6. The molecule has 0 radical (unpaired) electrons. The highest BCUT2D eigenvalue weighted by Crippen LogP contribution is 2.44. The molecule has 3 N–H and O–H groups in total. The summed E-state index contributed by atoms with van der Waals surface area (Å²) in [6.07, 6.45) is 3.97. The molecule has 7 nitrogen and oxygen atoms in total. The second-order valence-corrected chi connectivity index (χ2v) is 8.11. The summed E-state index contributed by atoms with van der Waals surface area (Å²) in [5.74, 6) is -1.60. The molecular formula is C25H26N2O5. The van der Waals surface area contributed by atoms with E-state index in [0.29, 0.717) is 12.8 Å². The van der Waals surface area contributed by atoms with Crippen LogP contribution in [0.3, 0.4) is 0 Å². The molecule has 2 aromatic rings. The van der Waals surface area contributed by atoms with Crippen molar-refractivity contribution < 1.29 is 24.2 Å². The van der Waals surface area contributed by atoms with Crippen LogP contribution in [0.4, 0.5) is 4.79 Å². The van der Waals surface area contributed by atoms with Gasteiger partial charge < -0.3 is 20.5 Å². The smallest absolute Gasteiger partial charge is 0.407 e. The summed E-state index contributed by atoms with van der Waals surface area (Å²) in [7, 11) is 0. The molecule has 7 heteroatoms. The Hall–Kier alpha value is -3.61. The van der Waals surface area contributed by atoms with Gasteiger partial charge in [-0.05, 0) is 35.1 Å². The molecular weight excluding hydrogens is 408 g/mol. The van der Waals surface area contributed by atoms with Crippen molar-refractivity contribution in [1.82, 2.24) is 10.6 Å². The Morgan fingerprint density at radius 3 is 2.31 bits per heavy atom. The first kappa shape index (κ1) is 21.6. The van der Waals surface area contributed by atoms with Gasteiger partial charge >= 0.3 is 12.1 Å². The highest BCUT2D eigenvalue weighted by molar-refractivity contribution is 5.79. The van der Waals surface area contributed by atoms with Crippen molar-refractivity contribution in [3.05, 3.63) is 71.8 Å². The van der Waals surface area contributed by atoms with Crippen molar-refractivity contribution in [1.29, 1.82) is 0 Å². The summed E-state index contributed by atoms with van der Waals surface area (Å²) in [5, 5.41) is 14.5. The molecule has 0 heterocycles. The van der Waals surface area contributed by atoms with Crippen LogP contribution >= 0.6 is 0 Å². The predicted octanol–water partition coefficient (Wildman–Crippen LogP) is 3.45. The van der Waals surface area contributed by atoms with Gasteiger partial charge in [-0.1, -0.05) is 60.7 Å². The molecule has 0 aromatic heterocycles. The first-order valence-electron chi connectivity index (χ1n) is 10.8. The number of hydrogen-bond acceptors (Lipinski definition) is 4. The van der Waals surface area contributed by atoms with Crippen LogP contribution in [0.15, 0.2) is 60.7 Å². The van der Waals surface area contributed by atoms with E-state index in [4.69, 9.17) is 9.84 Å². The van der Waals surface area contributed by atoms with Crippen molar-refractivity contribution in [2.75, 3.05) is 13.2 Å². The highest BCUT2D eigenvalue weighted by Gasteiger charge is 2.29. The molecule has 2 aliphatic carbocycles. The number of ether oxygens (including phenoxy) is 1. The summed E-state index contributed by atoms with van der Waals surface area (Å²) in [6, 6.07) is 15.9. The molecule has 0 aliphatic heterocycles. The van der Waals surface area contributed by atoms with Gasteiger partial charge in [0.05, 0.1) is 5.92 Å². The second kappa shape index (κ2) is 9.68. The van der Waals surface area contributed by atoms with Crippen LogP contribution in [0, 0.1) is 5.92 Å². The van der Waals surface area contributed by atoms with Crippen LogP contribution in [-0.2, 0) is 14.3 Å². The number of alkyl carbamates (subject to hydrolysis) is 1. The van der Waals surface area contributed by atoms with Gasteiger partial charge in [0, 0.05) is 24.9 Å². The van der Waals surface area contributed by atoms with Crippen LogP contribution in [0.1, 0.15) is 36.3 Å². The largest absolute Gasteiger partial charge is 0.481 e. The maximum Gasteiger partial charge on any atom is 0.407 e. The van der Waals surface area contributed by atoms with Gasteiger partial charge in [-0.25, -0.2) is 4.79 Å². The van der Waals surface area contributed by atoms with Crippen LogP contribution in [0.2, 0.25) is 0 Å². The lowest BCUT2D eigenvalue weighted by Gasteiger charge is -2.22. The molecule has 0 spiro atoms. The van der Waals surface area contributed by atoms with E-state index in [0.717, 1.165) is 22.3 Å². The maximum absolute atomic E-state index is 12.2. The fourth-order valence-electron chi connectivity index (χ4n) is 4.40. The van der Waals surface area contributed by atoms with E-state index in [1.807, 2.05) is 30.3 Å². The molecule has 0 saturated heterocycles. The van der Waals surface area contributed by atoms with Gasteiger partial charge in [0.1, 0.15) is 6.61 Å². The first-order chi connectivity index (χ1) is 15.5. The summed E-state index contributed by atoms with van der Waals surface area (Å²) in [4.78, 5) is 35.4. The van der Waals surface area contributed by atoms with Gasteiger partial charge in [0.25, 0.3) is 0 Å². The average Bonchev–Trinajstić information content (AvgIpc) is 3.11. The molecule has 0 bridgehead atoms. The van der Waals surface area contributed by atoms with Crippen molar-refractivity contribution in [3.63, 3.8) is 0 Å². The normalized spacial score (nSPS) is 19.0. The van der Waals surface area contributed by atoms with Crippen LogP contribution in [0.5, 0.6) is 0 Å². The maximum atomic E-state index is 12.2. The number of nitrogens with one attached hydrogen (secondary N) is 2. The fraction of sp³-hybridized carbons (Fsp3) is 0.320. The number of amides is 2. The monoisotopic (exact) mass is 434 g/mol. The SMILES string of the molecule is O=C(CCNC(=O)OCC1c2ccccc2-c2ccccc21)NC1C=CCC(C(=O)O)C1. The molecule has 0 fully saturated rings. The minimum atomic E-state index is -0.856. The molecule has 2 amide bonds. The number of aliphatic carboxylic acids is 1. The van der Waals surface area contributed by atoms with Gasteiger partial charge in [-0.15, -0.1) is 0 Å². The molecule has 4 rings (SSSR count). The number of benzene rings is 2. The predicted molar refractivity (Wildman–Crippen MR) is 119 cm³/mol. The Balaban J connectivity index is 1.22. The van der Waals surface area contributed by atoms with Gasteiger partial charge in [0.15, 0.2) is 0 Å². The molecule has 2 aliphatic rings. The number of carbonyl (C=O) groups excluding carboxylic acids is 2. The van der Waals surface area contributed by atoms with E-state index < -0.39 is 18.0 Å². The molecule has 32 heavy (non-hydrogen) atoms. The van der Waals surface area contributed by atoms with Crippen molar-refractivity contribution in [2.24, 2.45) is 5.92 Å². The summed E-state index contributed by atoms with van der Waals surface area (Å²) >= 11 is 0. The summed E-state index contributed by atoms with van der Waals surface area (Å²) < 4.78 is 5.45. The Bertz CT molecular complexity index is 1000. The second-order valence-electron chi connectivity index (χ2n) is 8.11. The van der Waals surface area contributed by atoms with Gasteiger partial charge in [-0.2, -0.15) is 0 Å². The molecule has 2 aromatic carbocycles. The van der Waals surface area contributed by atoms with E-state index in [2.05, 4.69) is 34.9 Å². The third-order valence-corrected chi connectivity index (χ3v) is 5.99. The fourth-order valence-corrected chi connectivity index (χ4v) is 4.40. The highest BCUT2D eigenvalue weighted by atomic mass is 16.5. The van der Waals surface area contributed by atoms with Crippen molar-refractivity contribution in [2.45, 2.75) is 31.2 Å².